The number of halogens is 3. The first-order valence-corrected chi connectivity index (χ1v) is 10.5. The summed E-state index contributed by atoms with van der Waals surface area (Å²) in [4.78, 5) is 25.3. The average molecular weight is 464 g/mol. The Balaban J connectivity index is 1.73. The van der Waals surface area contributed by atoms with Crippen LogP contribution in [-0.2, 0) is 0 Å². The summed E-state index contributed by atoms with van der Waals surface area (Å²) in [5, 5.41) is 4.49. The van der Waals surface area contributed by atoms with E-state index in [9.17, 15) is 9.18 Å². The van der Waals surface area contributed by atoms with E-state index < -0.39 is 17.6 Å². The SMILES string of the molecule is CCC(C)n1cc(-c2cnc3[nH]c(=O)n(OC(C)c4c(Cl)ccc(F)c4Cl)c3c2)cn1. The zero-order valence-corrected chi connectivity index (χ0v) is 18.6. The Morgan fingerprint density at radius 1 is 1.23 bits per heavy atom. The Labute approximate surface area is 187 Å². The van der Waals surface area contributed by atoms with E-state index in [1.807, 2.05) is 10.9 Å². The third-order valence-corrected chi connectivity index (χ3v) is 5.94. The van der Waals surface area contributed by atoms with Crippen molar-refractivity contribution in [1.82, 2.24) is 24.5 Å². The molecule has 2 atom stereocenters. The molecule has 0 radical (unpaired) electrons. The molecule has 4 rings (SSSR count). The second kappa shape index (κ2) is 8.36. The first kappa shape index (κ1) is 21.4. The van der Waals surface area contributed by atoms with Crippen LogP contribution in [-0.4, -0.2) is 24.5 Å². The molecule has 1 aromatic carbocycles. The number of aromatic nitrogens is 5. The first-order valence-electron chi connectivity index (χ1n) is 9.76. The molecule has 0 aliphatic heterocycles. The van der Waals surface area contributed by atoms with Gasteiger partial charge in [0.2, 0.25) is 0 Å². The molecule has 4 aromatic rings. The summed E-state index contributed by atoms with van der Waals surface area (Å²) in [6.45, 7) is 5.80. The molecular formula is C21H20Cl2FN5O2. The Hall–Kier alpha value is -2.84. The van der Waals surface area contributed by atoms with Gasteiger partial charge in [-0.25, -0.2) is 14.2 Å². The minimum Gasteiger partial charge on any atom is -0.401 e. The van der Waals surface area contributed by atoms with Crippen molar-refractivity contribution < 1.29 is 9.23 Å². The second-order valence-corrected chi connectivity index (χ2v) is 8.07. The molecule has 0 bridgehead atoms. The summed E-state index contributed by atoms with van der Waals surface area (Å²) in [7, 11) is 0. The molecule has 0 fully saturated rings. The maximum absolute atomic E-state index is 13.9. The highest BCUT2D eigenvalue weighted by molar-refractivity contribution is 6.36. The monoisotopic (exact) mass is 463 g/mol. The van der Waals surface area contributed by atoms with Gasteiger partial charge < -0.3 is 4.84 Å². The van der Waals surface area contributed by atoms with Crippen molar-refractivity contribution in [1.29, 1.82) is 0 Å². The largest absolute Gasteiger partial charge is 0.401 e. The lowest BCUT2D eigenvalue weighted by molar-refractivity contribution is 0.0492. The number of fused-ring (bicyclic) bond motifs is 1. The predicted octanol–water partition coefficient (Wildman–Crippen LogP) is 5.19. The lowest BCUT2D eigenvalue weighted by Gasteiger charge is -2.17. The van der Waals surface area contributed by atoms with Gasteiger partial charge in [-0.05, 0) is 38.5 Å². The van der Waals surface area contributed by atoms with Gasteiger partial charge in [-0.3, -0.25) is 9.67 Å². The van der Waals surface area contributed by atoms with E-state index in [1.54, 1.807) is 25.4 Å². The van der Waals surface area contributed by atoms with E-state index in [0.29, 0.717) is 11.2 Å². The summed E-state index contributed by atoms with van der Waals surface area (Å²) in [6, 6.07) is 4.61. The Morgan fingerprint density at radius 3 is 2.74 bits per heavy atom. The van der Waals surface area contributed by atoms with Gasteiger partial charge in [-0.1, -0.05) is 30.1 Å². The standard InChI is InChI=1S/C21H20Cl2FN5O2/c1-4-11(2)28-10-14(9-26-28)13-7-17-20(25-8-13)27-21(30)29(17)31-12(3)18-15(22)5-6-16(24)19(18)23/h5-12H,4H2,1-3H3,(H,25,27,30). The van der Waals surface area contributed by atoms with Crippen LogP contribution in [0.2, 0.25) is 10.0 Å². The number of H-pyrrole nitrogens is 1. The predicted molar refractivity (Wildman–Crippen MR) is 118 cm³/mol. The highest BCUT2D eigenvalue weighted by Crippen LogP contribution is 2.33. The summed E-state index contributed by atoms with van der Waals surface area (Å²) in [6.07, 6.45) is 5.49. The molecule has 0 saturated carbocycles. The Morgan fingerprint density at radius 2 is 2.00 bits per heavy atom. The van der Waals surface area contributed by atoms with Crippen molar-refractivity contribution in [2.75, 3.05) is 0 Å². The number of imidazole rings is 1. The van der Waals surface area contributed by atoms with Crippen molar-refractivity contribution in [2.24, 2.45) is 0 Å². The minimum absolute atomic E-state index is 0.149. The van der Waals surface area contributed by atoms with Crippen molar-refractivity contribution in [3.8, 4) is 11.1 Å². The molecular weight excluding hydrogens is 444 g/mol. The van der Waals surface area contributed by atoms with Crippen LogP contribution >= 0.6 is 23.2 Å². The fourth-order valence-electron chi connectivity index (χ4n) is 3.27. The van der Waals surface area contributed by atoms with Crippen LogP contribution in [0.3, 0.4) is 0 Å². The van der Waals surface area contributed by atoms with Gasteiger partial charge in [0, 0.05) is 40.1 Å². The van der Waals surface area contributed by atoms with Gasteiger partial charge in [0.1, 0.15) is 11.3 Å². The molecule has 2 unspecified atom stereocenters. The second-order valence-electron chi connectivity index (χ2n) is 7.29. The molecule has 3 aromatic heterocycles. The molecule has 162 valence electrons. The van der Waals surface area contributed by atoms with Crippen LogP contribution in [0.25, 0.3) is 22.3 Å². The lowest BCUT2D eigenvalue weighted by Crippen LogP contribution is -2.26. The number of pyridine rings is 1. The third-order valence-electron chi connectivity index (χ3n) is 5.22. The van der Waals surface area contributed by atoms with Crippen molar-refractivity contribution in [3.05, 3.63) is 68.7 Å². The van der Waals surface area contributed by atoms with E-state index >= 15 is 0 Å². The van der Waals surface area contributed by atoms with E-state index in [4.69, 9.17) is 28.0 Å². The summed E-state index contributed by atoms with van der Waals surface area (Å²) in [5.41, 5.74) is 2.14. The summed E-state index contributed by atoms with van der Waals surface area (Å²) >= 11 is 12.3. The number of nitrogens with zero attached hydrogens (tertiary/aromatic N) is 4. The zero-order chi connectivity index (χ0) is 22.3. The highest BCUT2D eigenvalue weighted by atomic mass is 35.5. The highest BCUT2D eigenvalue weighted by Gasteiger charge is 2.21. The van der Waals surface area contributed by atoms with Crippen molar-refractivity contribution in [2.45, 2.75) is 39.3 Å². The van der Waals surface area contributed by atoms with E-state index in [-0.39, 0.29) is 21.7 Å². The molecule has 31 heavy (non-hydrogen) atoms. The van der Waals surface area contributed by atoms with Gasteiger partial charge >= 0.3 is 5.69 Å². The average Bonchev–Trinajstić information content (AvgIpc) is 3.35. The molecule has 1 N–H and O–H groups in total. The van der Waals surface area contributed by atoms with Crippen molar-refractivity contribution >= 4 is 34.4 Å². The normalized spacial score (nSPS) is 13.5. The summed E-state index contributed by atoms with van der Waals surface area (Å²) < 4.78 is 16.9. The topological polar surface area (TPSA) is 77.7 Å². The minimum atomic E-state index is -0.802. The number of hydrogen-bond donors (Lipinski definition) is 1. The van der Waals surface area contributed by atoms with Gasteiger partial charge in [-0.15, -0.1) is 4.73 Å². The van der Waals surface area contributed by atoms with E-state index in [1.165, 1.54) is 12.1 Å². The smallest absolute Gasteiger partial charge is 0.360 e. The molecule has 0 aliphatic carbocycles. The van der Waals surface area contributed by atoms with E-state index in [2.05, 4.69) is 28.9 Å². The fraction of sp³-hybridized carbons (Fsp3) is 0.286. The maximum Gasteiger partial charge on any atom is 0.360 e. The molecule has 0 spiro atoms. The van der Waals surface area contributed by atoms with Crippen LogP contribution in [0, 0.1) is 5.82 Å². The maximum atomic E-state index is 13.9. The Kier molecular flexibility index (Phi) is 5.77. The number of benzene rings is 1. The molecule has 0 aliphatic rings. The fourth-order valence-corrected chi connectivity index (χ4v) is 3.95. The number of nitrogens with one attached hydrogen (secondary N) is 1. The zero-order valence-electron chi connectivity index (χ0n) is 17.1. The number of hydrogen-bond acceptors (Lipinski definition) is 4. The number of aromatic amines is 1. The van der Waals surface area contributed by atoms with Crippen LogP contribution < -0.4 is 10.5 Å². The Bertz CT molecular complexity index is 1310. The molecule has 7 nitrogen and oxygen atoms in total. The molecule has 10 heteroatoms. The van der Waals surface area contributed by atoms with Gasteiger partial charge in [0.15, 0.2) is 11.8 Å². The molecule has 3 heterocycles. The van der Waals surface area contributed by atoms with Crippen LogP contribution in [0.15, 0.2) is 41.6 Å². The quantitative estimate of drug-likeness (QED) is 0.398. The van der Waals surface area contributed by atoms with Crippen LogP contribution in [0.1, 0.15) is 44.9 Å². The van der Waals surface area contributed by atoms with E-state index in [0.717, 1.165) is 22.3 Å². The van der Waals surface area contributed by atoms with Gasteiger partial charge in [0.25, 0.3) is 0 Å². The molecule has 0 amide bonds. The van der Waals surface area contributed by atoms with Crippen molar-refractivity contribution in [3.63, 3.8) is 0 Å². The third kappa shape index (κ3) is 3.93. The first-order chi connectivity index (χ1) is 14.8. The van der Waals surface area contributed by atoms with Gasteiger partial charge in [-0.2, -0.15) is 5.10 Å². The van der Waals surface area contributed by atoms with Crippen LogP contribution in [0.4, 0.5) is 4.39 Å². The lowest BCUT2D eigenvalue weighted by atomic mass is 10.1. The summed E-state index contributed by atoms with van der Waals surface area (Å²) in [5.74, 6) is -0.620. The van der Waals surface area contributed by atoms with Gasteiger partial charge in [0.05, 0.1) is 11.2 Å². The number of rotatable bonds is 6. The molecule has 0 saturated heterocycles. The van der Waals surface area contributed by atoms with Crippen LogP contribution in [0.5, 0.6) is 0 Å².